The van der Waals surface area contributed by atoms with Crippen LogP contribution in [-0.4, -0.2) is 70.1 Å². The second kappa shape index (κ2) is 9.35. The van der Waals surface area contributed by atoms with Gasteiger partial charge in [0, 0.05) is 61.6 Å². The third-order valence-corrected chi connectivity index (χ3v) is 6.88. The molecule has 33 heavy (non-hydrogen) atoms. The van der Waals surface area contributed by atoms with Gasteiger partial charge >= 0.3 is 0 Å². The number of H-pyrrole nitrogens is 2. The van der Waals surface area contributed by atoms with Crippen LogP contribution in [0.15, 0.2) is 29.3 Å². The molecular formula is C24H30N6O3. The number of ether oxygens (including phenoxy) is 1. The van der Waals surface area contributed by atoms with Crippen LogP contribution in [0.25, 0.3) is 11.0 Å². The average molecular weight is 451 g/mol. The molecule has 2 fully saturated rings. The van der Waals surface area contributed by atoms with Gasteiger partial charge in [0.1, 0.15) is 5.65 Å². The summed E-state index contributed by atoms with van der Waals surface area (Å²) < 4.78 is 5.37. The molecule has 5 rings (SSSR count). The number of aryl methyl sites for hydroxylation is 1. The van der Waals surface area contributed by atoms with E-state index in [1.807, 2.05) is 22.8 Å². The highest BCUT2D eigenvalue weighted by Crippen LogP contribution is 2.32. The molecule has 0 saturated carbocycles. The molecule has 0 unspecified atom stereocenters. The second-order valence-corrected chi connectivity index (χ2v) is 8.85. The van der Waals surface area contributed by atoms with Gasteiger partial charge in [0.25, 0.3) is 5.56 Å². The normalized spacial score (nSPS) is 17.6. The van der Waals surface area contributed by atoms with Crippen molar-refractivity contribution in [2.45, 2.75) is 38.5 Å². The van der Waals surface area contributed by atoms with Gasteiger partial charge in [-0.3, -0.25) is 14.6 Å². The zero-order valence-corrected chi connectivity index (χ0v) is 19.0. The highest BCUT2D eigenvalue weighted by atomic mass is 16.5. The van der Waals surface area contributed by atoms with Crippen LogP contribution in [-0.2, 0) is 16.0 Å². The number of hydrogen-bond donors (Lipinski definition) is 2. The molecule has 0 atom stereocenters. The maximum Gasteiger partial charge on any atom is 0.255 e. The van der Waals surface area contributed by atoms with E-state index in [0.29, 0.717) is 62.3 Å². The number of likely N-dealkylation sites (tertiary alicyclic amines) is 1. The van der Waals surface area contributed by atoms with E-state index in [2.05, 4.69) is 32.2 Å². The molecule has 3 aromatic heterocycles. The Balaban J connectivity index is 1.18. The van der Waals surface area contributed by atoms with E-state index in [9.17, 15) is 9.59 Å². The van der Waals surface area contributed by atoms with Crippen molar-refractivity contribution < 1.29 is 9.53 Å². The second-order valence-electron chi connectivity index (χ2n) is 8.85. The first-order chi connectivity index (χ1) is 16.1. The number of nitrogens with zero attached hydrogens (tertiary/aromatic N) is 4. The molecule has 2 saturated heterocycles. The van der Waals surface area contributed by atoms with Crippen LogP contribution in [0.4, 0.5) is 5.95 Å². The van der Waals surface area contributed by atoms with Gasteiger partial charge in [-0.2, -0.15) is 0 Å². The van der Waals surface area contributed by atoms with E-state index >= 15 is 0 Å². The lowest BCUT2D eigenvalue weighted by Gasteiger charge is -2.32. The van der Waals surface area contributed by atoms with Crippen molar-refractivity contribution in [3.05, 3.63) is 51.7 Å². The molecule has 174 valence electrons. The van der Waals surface area contributed by atoms with Crippen molar-refractivity contribution in [2.24, 2.45) is 0 Å². The molecule has 0 aromatic carbocycles. The molecular weight excluding hydrogens is 420 g/mol. The van der Waals surface area contributed by atoms with Gasteiger partial charge < -0.3 is 19.5 Å². The fraction of sp³-hybridized carbons (Fsp3) is 0.500. The summed E-state index contributed by atoms with van der Waals surface area (Å²) in [6, 6.07) is 4.06. The molecule has 0 spiro atoms. The van der Waals surface area contributed by atoms with E-state index in [4.69, 9.17) is 4.74 Å². The highest BCUT2D eigenvalue weighted by molar-refractivity contribution is 5.80. The van der Waals surface area contributed by atoms with E-state index in [0.717, 1.165) is 31.6 Å². The number of morpholine rings is 1. The Morgan fingerprint density at radius 2 is 2.00 bits per heavy atom. The van der Waals surface area contributed by atoms with Crippen molar-refractivity contribution in [1.29, 1.82) is 0 Å². The lowest BCUT2D eigenvalue weighted by Crippen LogP contribution is -2.39. The minimum Gasteiger partial charge on any atom is -0.378 e. The first-order valence-corrected chi connectivity index (χ1v) is 11.7. The molecule has 9 heteroatoms. The predicted molar refractivity (Wildman–Crippen MR) is 126 cm³/mol. The standard InChI is InChI=1S/C24H30N6O3/c1-16-18(23(32)28-24(27-16)30-11-13-33-14-12-30)4-5-21(31)29-9-6-17(7-10-29)20-15-26-22-19(20)3-2-8-25-22/h2-3,8,15,17H,4-7,9-14H2,1H3,(H,25,26)(H,27,28,32). The van der Waals surface area contributed by atoms with Gasteiger partial charge in [-0.1, -0.05) is 0 Å². The molecule has 2 aliphatic heterocycles. The number of anilines is 1. The lowest BCUT2D eigenvalue weighted by molar-refractivity contribution is -0.132. The maximum atomic E-state index is 12.9. The monoisotopic (exact) mass is 450 g/mol. The zero-order chi connectivity index (χ0) is 22.8. The highest BCUT2D eigenvalue weighted by Gasteiger charge is 2.26. The summed E-state index contributed by atoms with van der Waals surface area (Å²) >= 11 is 0. The Morgan fingerprint density at radius 1 is 1.21 bits per heavy atom. The quantitative estimate of drug-likeness (QED) is 0.617. The number of carbonyl (C=O) groups is 1. The topological polar surface area (TPSA) is 107 Å². The van der Waals surface area contributed by atoms with Crippen LogP contribution in [0.1, 0.15) is 42.0 Å². The van der Waals surface area contributed by atoms with Crippen molar-refractivity contribution in [1.82, 2.24) is 24.8 Å². The molecule has 2 N–H and O–H groups in total. The van der Waals surface area contributed by atoms with Gasteiger partial charge in [0.15, 0.2) is 0 Å². The Morgan fingerprint density at radius 3 is 2.76 bits per heavy atom. The van der Waals surface area contributed by atoms with Crippen molar-refractivity contribution in [3.63, 3.8) is 0 Å². The van der Waals surface area contributed by atoms with Crippen molar-refractivity contribution >= 4 is 22.9 Å². The van der Waals surface area contributed by atoms with Gasteiger partial charge in [-0.15, -0.1) is 0 Å². The van der Waals surface area contributed by atoms with Crippen LogP contribution in [0.2, 0.25) is 0 Å². The van der Waals surface area contributed by atoms with Crippen molar-refractivity contribution in [2.75, 3.05) is 44.3 Å². The molecule has 3 aromatic rings. The lowest BCUT2D eigenvalue weighted by atomic mass is 9.89. The SMILES string of the molecule is Cc1nc(N2CCOCC2)[nH]c(=O)c1CCC(=O)N1CCC(c2c[nH]c3ncccc23)CC1. The van der Waals surface area contributed by atoms with Gasteiger partial charge in [0.05, 0.1) is 13.2 Å². The number of aromatic amines is 2. The number of pyridine rings is 1. The molecule has 2 aliphatic rings. The Hall–Kier alpha value is -3.20. The summed E-state index contributed by atoms with van der Waals surface area (Å²) in [5.41, 5.74) is 3.35. The summed E-state index contributed by atoms with van der Waals surface area (Å²) in [6.45, 7) is 6.01. The zero-order valence-electron chi connectivity index (χ0n) is 19.0. The third kappa shape index (κ3) is 4.50. The molecule has 5 heterocycles. The van der Waals surface area contributed by atoms with Gasteiger partial charge in [0.2, 0.25) is 11.9 Å². The first kappa shape index (κ1) is 21.6. The number of nitrogens with one attached hydrogen (secondary N) is 2. The minimum absolute atomic E-state index is 0.102. The van der Waals surface area contributed by atoms with Crippen LogP contribution < -0.4 is 10.5 Å². The maximum absolute atomic E-state index is 12.9. The van der Waals surface area contributed by atoms with E-state index in [1.165, 1.54) is 10.9 Å². The largest absolute Gasteiger partial charge is 0.378 e. The number of rotatable bonds is 5. The molecule has 0 radical (unpaired) electrons. The molecule has 9 nitrogen and oxygen atoms in total. The van der Waals surface area contributed by atoms with E-state index < -0.39 is 0 Å². The fourth-order valence-electron chi connectivity index (χ4n) is 4.96. The summed E-state index contributed by atoms with van der Waals surface area (Å²) in [4.78, 5) is 44.6. The van der Waals surface area contributed by atoms with Crippen molar-refractivity contribution in [3.8, 4) is 0 Å². The summed E-state index contributed by atoms with van der Waals surface area (Å²) in [7, 11) is 0. The third-order valence-electron chi connectivity index (χ3n) is 6.88. The predicted octanol–water partition coefficient (Wildman–Crippen LogP) is 2.13. The Labute approximate surface area is 192 Å². The smallest absolute Gasteiger partial charge is 0.255 e. The number of amides is 1. The number of aromatic nitrogens is 4. The van der Waals surface area contributed by atoms with Gasteiger partial charge in [-0.25, -0.2) is 9.97 Å². The Bertz CT molecular complexity index is 1190. The number of carbonyl (C=O) groups excluding carboxylic acids is 1. The molecule has 0 aliphatic carbocycles. The average Bonchev–Trinajstić information content (AvgIpc) is 3.28. The summed E-state index contributed by atoms with van der Waals surface area (Å²) in [6.07, 6.45) is 6.45. The summed E-state index contributed by atoms with van der Waals surface area (Å²) in [5, 5.41) is 1.17. The number of fused-ring (bicyclic) bond motifs is 1. The Kier molecular flexibility index (Phi) is 6.13. The van der Waals surface area contributed by atoms with E-state index in [-0.39, 0.29) is 11.5 Å². The minimum atomic E-state index is -0.150. The fourth-order valence-corrected chi connectivity index (χ4v) is 4.96. The number of piperidine rings is 1. The molecule has 1 amide bonds. The van der Waals surface area contributed by atoms with Crippen LogP contribution in [0, 0.1) is 6.92 Å². The van der Waals surface area contributed by atoms with Gasteiger partial charge in [-0.05, 0) is 49.8 Å². The van der Waals surface area contributed by atoms with Crippen LogP contribution in [0.5, 0.6) is 0 Å². The van der Waals surface area contributed by atoms with Crippen LogP contribution >= 0.6 is 0 Å². The number of hydrogen-bond acceptors (Lipinski definition) is 6. The first-order valence-electron chi connectivity index (χ1n) is 11.7. The van der Waals surface area contributed by atoms with Crippen LogP contribution in [0.3, 0.4) is 0 Å². The summed E-state index contributed by atoms with van der Waals surface area (Å²) in [5.74, 6) is 1.12. The molecule has 0 bridgehead atoms. The van der Waals surface area contributed by atoms with E-state index in [1.54, 1.807) is 6.20 Å².